The second-order valence-corrected chi connectivity index (χ2v) is 6.03. The van der Waals surface area contributed by atoms with Gasteiger partial charge in [-0.15, -0.1) is 0 Å². The van der Waals surface area contributed by atoms with Crippen molar-refractivity contribution in [2.75, 3.05) is 7.05 Å². The molecule has 2 aromatic heterocycles. The Hall–Kier alpha value is -1.13. The van der Waals surface area contributed by atoms with Crippen molar-refractivity contribution < 1.29 is 0 Å². The van der Waals surface area contributed by atoms with E-state index in [4.69, 9.17) is 0 Å². The molecule has 1 aliphatic rings. The van der Waals surface area contributed by atoms with Crippen LogP contribution in [0.15, 0.2) is 35.2 Å². The number of rotatable bonds is 3. The molecule has 2 heterocycles. The van der Waals surface area contributed by atoms with Crippen molar-refractivity contribution in [1.82, 2.24) is 14.9 Å². The molecule has 2 aromatic rings. The molecule has 0 bridgehead atoms. The van der Waals surface area contributed by atoms with Gasteiger partial charge in [-0.25, -0.2) is 0 Å². The summed E-state index contributed by atoms with van der Waals surface area (Å²) in [6, 6.07) is 4.63. The summed E-state index contributed by atoms with van der Waals surface area (Å²) in [5.41, 5.74) is 4.05. The highest BCUT2D eigenvalue weighted by atomic mass is 79.9. The Morgan fingerprint density at radius 1 is 1.42 bits per heavy atom. The molecule has 0 spiro atoms. The average Bonchev–Trinajstić information content (AvgIpc) is 2.83. The molecule has 100 valence electrons. The summed E-state index contributed by atoms with van der Waals surface area (Å²) in [6.45, 7) is 0.844. The zero-order chi connectivity index (χ0) is 13.2. The third-order valence-electron chi connectivity index (χ3n) is 3.79. The first kappa shape index (κ1) is 12.9. The molecular formula is C15H18BrN3. The van der Waals surface area contributed by atoms with Crippen molar-refractivity contribution in [3.05, 3.63) is 52.0 Å². The van der Waals surface area contributed by atoms with E-state index in [0.29, 0.717) is 6.04 Å². The first-order chi connectivity index (χ1) is 9.26. The largest absolute Gasteiger partial charge is 0.348 e. The normalized spacial score (nSPS) is 18.3. The number of aromatic nitrogens is 2. The molecule has 0 saturated carbocycles. The molecule has 0 amide bonds. The number of nitrogens with zero attached hydrogens (tertiary/aromatic N) is 2. The minimum atomic E-state index is 0.517. The minimum Gasteiger partial charge on any atom is -0.348 e. The Morgan fingerprint density at radius 2 is 2.32 bits per heavy atom. The van der Waals surface area contributed by atoms with E-state index < -0.39 is 0 Å². The van der Waals surface area contributed by atoms with Gasteiger partial charge >= 0.3 is 0 Å². The third-order valence-corrected chi connectivity index (χ3v) is 4.26. The van der Waals surface area contributed by atoms with Crippen molar-refractivity contribution in [1.29, 1.82) is 0 Å². The molecule has 0 radical (unpaired) electrons. The van der Waals surface area contributed by atoms with Gasteiger partial charge in [0.2, 0.25) is 0 Å². The van der Waals surface area contributed by atoms with Gasteiger partial charge in [0.05, 0.1) is 12.2 Å². The van der Waals surface area contributed by atoms with Crippen molar-refractivity contribution in [3.63, 3.8) is 0 Å². The molecule has 0 aliphatic heterocycles. The van der Waals surface area contributed by atoms with Crippen molar-refractivity contribution in [2.45, 2.75) is 31.8 Å². The molecule has 3 rings (SSSR count). The first-order valence-electron chi connectivity index (χ1n) is 6.72. The molecule has 0 aromatic carbocycles. The Labute approximate surface area is 122 Å². The zero-order valence-electron chi connectivity index (χ0n) is 11.1. The topological polar surface area (TPSA) is 29.9 Å². The maximum absolute atomic E-state index is 4.44. The second kappa shape index (κ2) is 5.47. The fourth-order valence-electron chi connectivity index (χ4n) is 2.83. The quantitative estimate of drug-likeness (QED) is 0.940. The number of nitrogens with one attached hydrogen (secondary N) is 1. The zero-order valence-corrected chi connectivity index (χ0v) is 12.7. The summed E-state index contributed by atoms with van der Waals surface area (Å²) in [5, 5.41) is 3.41. The van der Waals surface area contributed by atoms with E-state index in [0.717, 1.165) is 16.7 Å². The third kappa shape index (κ3) is 2.74. The Morgan fingerprint density at radius 3 is 3.05 bits per heavy atom. The highest BCUT2D eigenvalue weighted by Crippen LogP contribution is 2.30. The summed E-state index contributed by atoms with van der Waals surface area (Å²) in [5.74, 6) is 0. The van der Waals surface area contributed by atoms with E-state index in [-0.39, 0.29) is 0 Å². The predicted molar refractivity (Wildman–Crippen MR) is 80.2 cm³/mol. The van der Waals surface area contributed by atoms with Gasteiger partial charge in [-0.3, -0.25) is 4.98 Å². The smallest absolute Gasteiger partial charge is 0.0642 e. The molecule has 0 saturated heterocycles. The van der Waals surface area contributed by atoms with E-state index in [1.807, 2.05) is 19.3 Å². The monoisotopic (exact) mass is 319 g/mol. The van der Waals surface area contributed by atoms with Crippen LogP contribution in [0.25, 0.3) is 0 Å². The molecule has 1 aliphatic carbocycles. The standard InChI is InChI=1S/C15H18BrN3/c1-17-15-4-2-3-11-8-19(10-14(11)15)9-13-6-5-12(16)7-18-13/h5-8,10,15,17H,2-4,9H2,1H3. The summed E-state index contributed by atoms with van der Waals surface area (Å²) in [7, 11) is 2.05. The van der Waals surface area contributed by atoms with Crippen LogP contribution in [0, 0.1) is 0 Å². The highest BCUT2D eigenvalue weighted by Gasteiger charge is 2.20. The first-order valence-corrected chi connectivity index (χ1v) is 7.52. The summed E-state index contributed by atoms with van der Waals surface area (Å²) in [4.78, 5) is 4.44. The van der Waals surface area contributed by atoms with Gasteiger partial charge in [0.1, 0.15) is 0 Å². The van der Waals surface area contributed by atoms with E-state index in [1.54, 1.807) is 0 Å². The molecule has 19 heavy (non-hydrogen) atoms. The lowest BCUT2D eigenvalue weighted by Crippen LogP contribution is -2.20. The fraction of sp³-hybridized carbons (Fsp3) is 0.400. The van der Waals surface area contributed by atoms with E-state index >= 15 is 0 Å². The minimum absolute atomic E-state index is 0.517. The molecule has 4 heteroatoms. The molecule has 1 unspecified atom stereocenters. The van der Waals surface area contributed by atoms with Gasteiger partial charge in [-0.05, 0) is 65.5 Å². The van der Waals surface area contributed by atoms with E-state index in [9.17, 15) is 0 Å². The molecule has 1 N–H and O–H groups in total. The molecule has 1 atom stereocenters. The lowest BCUT2D eigenvalue weighted by Gasteiger charge is -2.21. The molecule has 0 fully saturated rings. The predicted octanol–water partition coefficient (Wildman–Crippen LogP) is 3.29. The fourth-order valence-corrected chi connectivity index (χ4v) is 3.06. The SMILES string of the molecule is CNC1CCCc2cn(Cc3ccc(Br)cn3)cc21. The second-order valence-electron chi connectivity index (χ2n) is 5.11. The number of fused-ring (bicyclic) bond motifs is 1. The van der Waals surface area contributed by atoms with Crippen LogP contribution in [0.2, 0.25) is 0 Å². The number of hydrogen-bond acceptors (Lipinski definition) is 2. The van der Waals surface area contributed by atoms with Crippen LogP contribution in [0.5, 0.6) is 0 Å². The van der Waals surface area contributed by atoms with Crippen LogP contribution in [-0.2, 0) is 13.0 Å². The van der Waals surface area contributed by atoms with Crippen LogP contribution in [0.3, 0.4) is 0 Å². The van der Waals surface area contributed by atoms with Crippen molar-refractivity contribution in [3.8, 4) is 0 Å². The van der Waals surface area contributed by atoms with Crippen molar-refractivity contribution in [2.24, 2.45) is 0 Å². The van der Waals surface area contributed by atoms with Gasteiger partial charge in [-0.1, -0.05) is 0 Å². The van der Waals surface area contributed by atoms with Gasteiger partial charge in [0.25, 0.3) is 0 Å². The maximum Gasteiger partial charge on any atom is 0.0642 e. The van der Waals surface area contributed by atoms with E-state index in [1.165, 1.54) is 30.4 Å². The van der Waals surface area contributed by atoms with Crippen LogP contribution < -0.4 is 5.32 Å². The number of hydrogen-bond donors (Lipinski definition) is 1. The summed E-state index contributed by atoms with van der Waals surface area (Å²) < 4.78 is 3.29. The Kier molecular flexibility index (Phi) is 3.71. The van der Waals surface area contributed by atoms with Gasteiger partial charge in [0, 0.05) is 29.1 Å². The van der Waals surface area contributed by atoms with Crippen LogP contribution in [-0.4, -0.2) is 16.6 Å². The van der Waals surface area contributed by atoms with Crippen molar-refractivity contribution >= 4 is 15.9 Å². The summed E-state index contributed by atoms with van der Waals surface area (Å²) >= 11 is 3.42. The highest BCUT2D eigenvalue weighted by molar-refractivity contribution is 9.10. The summed E-state index contributed by atoms with van der Waals surface area (Å²) in [6.07, 6.45) is 10.1. The number of halogens is 1. The Bertz CT molecular complexity index is 559. The van der Waals surface area contributed by atoms with Gasteiger partial charge in [0.15, 0.2) is 0 Å². The average molecular weight is 320 g/mol. The van der Waals surface area contributed by atoms with E-state index in [2.05, 4.69) is 49.3 Å². The lowest BCUT2D eigenvalue weighted by atomic mass is 9.91. The van der Waals surface area contributed by atoms with Crippen LogP contribution >= 0.6 is 15.9 Å². The maximum atomic E-state index is 4.44. The lowest BCUT2D eigenvalue weighted by molar-refractivity contribution is 0.498. The Balaban J connectivity index is 1.82. The van der Waals surface area contributed by atoms with Crippen LogP contribution in [0.1, 0.15) is 35.7 Å². The molecule has 3 nitrogen and oxygen atoms in total. The number of aryl methyl sites for hydroxylation is 1. The molecular weight excluding hydrogens is 302 g/mol. The van der Waals surface area contributed by atoms with Gasteiger partial charge in [-0.2, -0.15) is 0 Å². The van der Waals surface area contributed by atoms with Crippen LogP contribution in [0.4, 0.5) is 0 Å². The van der Waals surface area contributed by atoms with Gasteiger partial charge < -0.3 is 9.88 Å². The number of pyridine rings is 1.